The van der Waals surface area contributed by atoms with Crippen LogP contribution in [0.2, 0.25) is 0 Å². The topological polar surface area (TPSA) is 76.5 Å². The number of pyridine rings is 1. The van der Waals surface area contributed by atoms with Crippen LogP contribution < -0.4 is 0 Å². The molecule has 5 heteroatoms. The first-order chi connectivity index (χ1) is 7.15. The van der Waals surface area contributed by atoms with Gasteiger partial charge in [0.05, 0.1) is 5.56 Å². The van der Waals surface area contributed by atoms with Gasteiger partial charge in [-0.2, -0.15) is 0 Å². The van der Waals surface area contributed by atoms with Crippen molar-refractivity contribution >= 4 is 11.9 Å². The lowest BCUT2D eigenvalue weighted by Gasteiger charge is -2.10. The molecule has 0 amide bonds. The van der Waals surface area contributed by atoms with Crippen LogP contribution in [0.25, 0.3) is 0 Å². The van der Waals surface area contributed by atoms with Crippen LogP contribution >= 0.6 is 0 Å². The quantitative estimate of drug-likeness (QED) is 0.751. The lowest BCUT2D eigenvalue weighted by molar-refractivity contribution is -0.147. The maximum Gasteiger partial charge on any atom is 0.345 e. The number of esters is 1. The first-order valence-electron chi connectivity index (χ1n) is 4.49. The monoisotopic (exact) mass is 209 g/mol. The Kier molecular flexibility index (Phi) is 3.79. The average Bonchev–Trinajstić information content (AvgIpc) is 2.26. The Hall–Kier alpha value is -1.91. The summed E-state index contributed by atoms with van der Waals surface area (Å²) in [6.45, 7) is 1.63. The maximum absolute atomic E-state index is 11.4. The van der Waals surface area contributed by atoms with Crippen LogP contribution in [0.15, 0.2) is 24.5 Å². The molecule has 1 heterocycles. The predicted octanol–water partition coefficient (Wildman–Crippen LogP) is 1.10. The largest absolute Gasteiger partial charge is 0.479 e. The number of rotatable bonds is 4. The molecule has 0 radical (unpaired) electrons. The van der Waals surface area contributed by atoms with Crippen molar-refractivity contribution in [1.82, 2.24) is 4.98 Å². The Morgan fingerprint density at radius 1 is 1.60 bits per heavy atom. The number of hydrogen-bond acceptors (Lipinski definition) is 4. The lowest BCUT2D eigenvalue weighted by atomic mass is 10.2. The number of aliphatic carboxylic acids is 1. The fourth-order valence-electron chi connectivity index (χ4n) is 0.989. The van der Waals surface area contributed by atoms with E-state index in [1.807, 2.05) is 0 Å². The molecule has 0 saturated carbocycles. The van der Waals surface area contributed by atoms with Gasteiger partial charge >= 0.3 is 11.9 Å². The highest BCUT2D eigenvalue weighted by molar-refractivity contribution is 5.90. The number of aromatic nitrogens is 1. The molecule has 0 spiro atoms. The number of carboxylic acids is 1. The van der Waals surface area contributed by atoms with E-state index in [2.05, 4.69) is 4.98 Å². The zero-order chi connectivity index (χ0) is 11.3. The third-order valence-corrected chi connectivity index (χ3v) is 1.79. The van der Waals surface area contributed by atoms with Crippen LogP contribution in [0.4, 0.5) is 0 Å². The molecule has 15 heavy (non-hydrogen) atoms. The number of carbonyl (C=O) groups is 2. The molecule has 0 saturated heterocycles. The van der Waals surface area contributed by atoms with Gasteiger partial charge in [-0.25, -0.2) is 9.59 Å². The number of ether oxygens (including phenoxy) is 1. The van der Waals surface area contributed by atoms with Gasteiger partial charge in [0, 0.05) is 12.4 Å². The zero-order valence-electron chi connectivity index (χ0n) is 8.21. The minimum absolute atomic E-state index is 0.237. The molecule has 0 aliphatic rings. The van der Waals surface area contributed by atoms with Crippen molar-refractivity contribution in [1.29, 1.82) is 0 Å². The second-order valence-corrected chi connectivity index (χ2v) is 2.88. The van der Waals surface area contributed by atoms with Crippen molar-refractivity contribution in [2.45, 2.75) is 19.4 Å². The van der Waals surface area contributed by atoms with Crippen LogP contribution in [0.5, 0.6) is 0 Å². The van der Waals surface area contributed by atoms with Crippen molar-refractivity contribution in [2.75, 3.05) is 0 Å². The zero-order valence-corrected chi connectivity index (χ0v) is 8.21. The molecule has 1 N–H and O–H groups in total. The van der Waals surface area contributed by atoms with E-state index < -0.39 is 18.0 Å². The van der Waals surface area contributed by atoms with E-state index in [1.165, 1.54) is 18.5 Å². The van der Waals surface area contributed by atoms with Gasteiger partial charge in [0.1, 0.15) is 0 Å². The summed E-state index contributed by atoms with van der Waals surface area (Å²) in [6, 6.07) is 3.10. The molecule has 1 aromatic heterocycles. The molecule has 0 aromatic carbocycles. The van der Waals surface area contributed by atoms with Gasteiger partial charge in [-0.15, -0.1) is 0 Å². The number of carboxylic acid groups (broad SMARTS) is 1. The Balaban J connectivity index is 2.67. The normalized spacial score (nSPS) is 11.8. The molecule has 5 nitrogen and oxygen atoms in total. The first kappa shape index (κ1) is 11.2. The van der Waals surface area contributed by atoms with Crippen molar-refractivity contribution in [3.8, 4) is 0 Å². The average molecular weight is 209 g/mol. The van der Waals surface area contributed by atoms with Gasteiger partial charge < -0.3 is 9.84 Å². The van der Waals surface area contributed by atoms with Gasteiger partial charge in [0.2, 0.25) is 0 Å². The molecular formula is C10H11NO4. The fourth-order valence-corrected chi connectivity index (χ4v) is 0.989. The minimum Gasteiger partial charge on any atom is -0.479 e. The van der Waals surface area contributed by atoms with E-state index >= 15 is 0 Å². The van der Waals surface area contributed by atoms with E-state index in [1.54, 1.807) is 13.0 Å². The molecule has 1 atom stereocenters. The summed E-state index contributed by atoms with van der Waals surface area (Å²) in [5.41, 5.74) is 0.247. The van der Waals surface area contributed by atoms with Crippen molar-refractivity contribution in [2.24, 2.45) is 0 Å². The predicted molar refractivity (Wildman–Crippen MR) is 51.4 cm³/mol. The molecule has 0 fully saturated rings. The van der Waals surface area contributed by atoms with E-state index in [4.69, 9.17) is 9.84 Å². The summed E-state index contributed by atoms with van der Waals surface area (Å²) in [6.07, 6.45) is 1.99. The van der Waals surface area contributed by atoms with Gasteiger partial charge in [0.25, 0.3) is 0 Å². The molecule has 1 aromatic rings. The standard InChI is InChI=1S/C10H11NO4/c1-2-8(9(12)13)15-10(14)7-4-3-5-11-6-7/h3-6,8H,2H2,1H3,(H,12,13). The third kappa shape index (κ3) is 3.05. The number of carbonyl (C=O) groups excluding carboxylic acids is 1. The molecule has 0 bridgehead atoms. The Morgan fingerprint density at radius 2 is 2.33 bits per heavy atom. The summed E-state index contributed by atoms with van der Waals surface area (Å²) in [4.78, 5) is 25.7. The Bertz CT molecular complexity index is 350. The highest BCUT2D eigenvalue weighted by Crippen LogP contribution is 2.05. The van der Waals surface area contributed by atoms with Crippen LogP contribution in [0.1, 0.15) is 23.7 Å². The second kappa shape index (κ2) is 5.09. The Morgan fingerprint density at radius 3 is 2.80 bits per heavy atom. The van der Waals surface area contributed by atoms with Crippen LogP contribution in [-0.2, 0) is 9.53 Å². The second-order valence-electron chi connectivity index (χ2n) is 2.88. The maximum atomic E-state index is 11.4. The first-order valence-corrected chi connectivity index (χ1v) is 4.49. The lowest BCUT2D eigenvalue weighted by Crippen LogP contribution is -2.26. The summed E-state index contributed by atoms with van der Waals surface area (Å²) >= 11 is 0. The summed E-state index contributed by atoms with van der Waals surface area (Å²) in [7, 11) is 0. The minimum atomic E-state index is -1.14. The van der Waals surface area contributed by atoms with E-state index in [9.17, 15) is 9.59 Å². The van der Waals surface area contributed by atoms with Gasteiger partial charge in [0.15, 0.2) is 6.10 Å². The third-order valence-electron chi connectivity index (χ3n) is 1.79. The SMILES string of the molecule is CCC(OC(=O)c1cccnc1)C(=O)O. The fraction of sp³-hybridized carbons (Fsp3) is 0.300. The molecule has 0 aliphatic heterocycles. The van der Waals surface area contributed by atoms with Crippen molar-refractivity contribution < 1.29 is 19.4 Å². The Labute approximate surface area is 86.7 Å². The summed E-state index contributed by atoms with van der Waals surface area (Å²) in [5.74, 6) is -1.81. The van der Waals surface area contributed by atoms with E-state index in [-0.39, 0.29) is 12.0 Å². The van der Waals surface area contributed by atoms with Gasteiger partial charge in [-0.05, 0) is 18.6 Å². The molecule has 80 valence electrons. The van der Waals surface area contributed by atoms with Crippen molar-refractivity contribution in [3.05, 3.63) is 30.1 Å². The van der Waals surface area contributed by atoms with Crippen LogP contribution in [0.3, 0.4) is 0 Å². The number of hydrogen-bond donors (Lipinski definition) is 1. The van der Waals surface area contributed by atoms with Crippen molar-refractivity contribution in [3.63, 3.8) is 0 Å². The van der Waals surface area contributed by atoms with Gasteiger partial charge in [-0.1, -0.05) is 6.92 Å². The summed E-state index contributed by atoms with van der Waals surface area (Å²) < 4.78 is 4.77. The van der Waals surface area contributed by atoms with Gasteiger partial charge in [-0.3, -0.25) is 4.98 Å². The molecule has 1 unspecified atom stereocenters. The smallest absolute Gasteiger partial charge is 0.345 e. The van der Waals surface area contributed by atoms with E-state index in [0.29, 0.717) is 0 Å². The van der Waals surface area contributed by atoms with Crippen LogP contribution in [0, 0.1) is 0 Å². The summed E-state index contributed by atoms with van der Waals surface area (Å²) in [5, 5.41) is 8.68. The molecular weight excluding hydrogens is 198 g/mol. The highest BCUT2D eigenvalue weighted by Gasteiger charge is 2.20. The number of nitrogens with zero attached hydrogens (tertiary/aromatic N) is 1. The highest BCUT2D eigenvalue weighted by atomic mass is 16.6. The van der Waals surface area contributed by atoms with Crippen LogP contribution in [-0.4, -0.2) is 28.1 Å². The van der Waals surface area contributed by atoms with E-state index in [0.717, 1.165) is 0 Å². The molecule has 0 aliphatic carbocycles. The molecule has 1 rings (SSSR count).